The lowest BCUT2D eigenvalue weighted by Gasteiger charge is -2.25. The van der Waals surface area contributed by atoms with Crippen LogP contribution in [0, 0.1) is 0 Å². The van der Waals surface area contributed by atoms with Crippen molar-refractivity contribution >= 4 is 65.0 Å². The Balaban J connectivity index is 5.48. The van der Waals surface area contributed by atoms with Gasteiger partial charge in [0.15, 0.2) is 0 Å². The van der Waals surface area contributed by atoms with Gasteiger partial charge in [-0.1, -0.05) is 0 Å². The molecule has 0 aliphatic rings. The number of primary amides is 3. The average Bonchev–Trinajstić information content (AvgIpc) is 3.16. The molecule has 0 aromatic heterocycles. The van der Waals surface area contributed by atoms with Crippen molar-refractivity contribution in [3.8, 4) is 0 Å². The molecule has 0 fully saturated rings. The first-order valence-corrected chi connectivity index (χ1v) is 18.1. The Bertz CT molecular complexity index is 1470. The average molecular weight is 832 g/mol. The molecule has 0 heterocycles. The van der Waals surface area contributed by atoms with E-state index in [-0.39, 0.29) is 45.2 Å². The van der Waals surface area contributed by atoms with E-state index in [0.29, 0.717) is 12.8 Å². The van der Waals surface area contributed by atoms with Crippen LogP contribution in [0.1, 0.15) is 58.3 Å². The fourth-order valence-electron chi connectivity index (χ4n) is 4.57. The number of aliphatic hydroxyl groups is 2. The van der Waals surface area contributed by atoms with Gasteiger partial charge in [-0.2, -0.15) is 0 Å². The van der Waals surface area contributed by atoms with Gasteiger partial charge in [-0.3, -0.25) is 52.7 Å². The Labute approximate surface area is 333 Å². The number of hydrogen-bond donors (Lipinski definition) is 15. The molecule has 11 amide bonds. The zero-order chi connectivity index (χ0) is 44.4. The summed E-state index contributed by atoms with van der Waals surface area (Å²) in [4.78, 5) is 135. The highest BCUT2D eigenvalue weighted by atomic mass is 16.3. The van der Waals surface area contributed by atoms with Crippen LogP contribution in [0.25, 0.3) is 0 Å². The predicted molar refractivity (Wildman–Crippen MR) is 200 cm³/mol. The number of nitrogens with one attached hydrogen (secondary N) is 8. The molecule has 0 saturated carbocycles. The van der Waals surface area contributed by atoms with Crippen LogP contribution in [-0.2, 0) is 52.7 Å². The summed E-state index contributed by atoms with van der Waals surface area (Å²) in [7, 11) is 0. The third-order valence-corrected chi connectivity index (χ3v) is 7.87. The molecule has 328 valence electrons. The number of aliphatic hydroxyl groups excluding tert-OH is 2. The molecule has 0 saturated heterocycles. The van der Waals surface area contributed by atoms with Gasteiger partial charge in [-0.15, -0.1) is 0 Å². The second kappa shape index (κ2) is 28.4. The van der Waals surface area contributed by atoms with Crippen molar-refractivity contribution in [2.75, 3.05) is 39.4 Å². The zero-order valence-electron chi connectivity index (χ0n) is 32.1. The Morgan fingerprint density at radius 1 is 0.500 bits per heavy atom. The molecule has 0 unspecified atom stereocenters. The minimum atomic E-state index is -1.71. The smallest absolute Gasteiger partial charge is 0.245 e. The van der Waals surface area contributed by atoms with E-state index in [9.17, 15) is 63.0 Å². The number of hydrogen-bond acceptors (Lipinski definition) is 15. The summed E-state index contributed by atoms with van der Waals surface area (Å²) in [5.41, 5.74) is 26.5. The van der Waals surface area contributed by atoms with Gasteiger partial charge in [-0.05, 0) is 45.6 Å². The van der Waals surface area contributed by atoms with Crippen LogP contribution in [0.3, 0.4) is 0 Å². The van der Waals surface area contributed by atoms with Crippen LogP contribution in [-0.4, -0.2) is 151 Å². The molecular weight excluding hydrogens is 774 g/mol. The van der Waals surface area contributed by atoms with Crippen molar-refractivity contribution < 1.29 is 63.0 Å². The highest BCUT2D eigenvalue weighted by Crippen LogP contribution is 2.05. The van der Waals surface area contributed by atoms with E-state index < -0.39 is 134 Å². The lowest BCUT2D eigenvalue weighted by molar-refractivity contribution is -0.135. The largest absolute Gasteiger partial charge is 0.394 e. The minimum Gasteiger partial charge on any atom is -0.394 e. The number of amides is 11. The highest BCUT2D eigenvalue weighted by molar-refractivity contribution is 5.97. The maximum Gasteiger partial charge on any atom is 0.245 e. The molecule has 20 N–H and O–H groups in total. The van der Waals surface area contributed by atoms with Crippen LogP contribution in [0.5, 0.6) is 0 Å². The molecule has 26 heteroatoms. The normalized spacial score (nSPS) is 13.7. The van der Waals surface area contributed by atoms with Gasteiger partial charge >= 0.3 is 0 Å². The van der Waals surface area contributed by atoms with E-state index in [0.717, 1.165) is 0 Å². The quantitative estimate of drug-likeness (QED) is 0.0299. The molecule has 0 aromatic carbocycles. The van der Waals surface area contributed by atoms with E-state index in [4.69, 9.17) is 28.7 Å². The fraction of sp³-hybridized carbons (Fsp3) is 0.656. The molecule has 0 bridgehead atoms. The predicted octanol–water partition coefficient (Wildman–Crippen LogP) is -9.37. The van der Waals surface area contributed by atoms with E-state index in [1.807, 2.05) is 0 Å². The van der Waals surface area contributed by atoms with Gasteiger partial charge in [0.1, 0.15) is 30.2 Å². The third-order valence-electron chi connectivity index (χ3n) is 7.87. The van der Waals surface area contributed by atoms with Crippen LogP contribution in [0.15, 0.2) is 0 Å². The fourth-order valence-corrected chi connectivity index (χ4v) is 4.57. The summed E-state index contributed by atoms with van der Waals surface area (Å²) < 4.78 is 0. The van der Waals surface area contributed by atoms with Crippen LogP contribution in [0.2, 0.25) is 0 Å². The van der Waals surface area contributed by atoms with Crippen LogP contribution < -0.4 is 71.2 Å². The van der Waals surface area contributed by atoms with E-state index in [1.54, 1.807) is 0 Å². The van der Waals surface area contributed by atoms with Crippen molar-refractivity contribution in [2.24, 2.45) is 28.7 Å². The maximum atomic E-state index is 13.3. The molecule has 0 aliphatic carbocycles. The maximum absolute atomic E-state index is 13.3. The molecule has 0 rings (SSSR count). The number of unbranched alkanes of at least 4 members (excludes halogenated alkanes) is 1. The first-order valence-electron chi connectivity index (χ1n) is 18.1. The molecule has 0 aromatic rings. The standard InChI is InChI=1S/C32H57N13O13/c1-16(41-28(54)17(34)5-7-22(35)48)27(53)43-18(4-2-3-10-33)31(57)45-21(15-47)32(58)44-19(6-8-23(36)49)29(55)40-12-25(51)39-13-26(52)42-20(14-46)30(56)38-11-9-24(37)50/h16-21,46-47H,2-15,33-34H2,1H3,(H2,35,48)(H2,36,49)(H2,37,50)(H,38,56)(H,39,51)(H,40,55)(H,41,54)(H,42,52)(H,43,53)(H,44,58)(H,45,57)/t16-,17-,18-,19-,20-,21-/m0/s1. The second-order valence-corrected chi connectivity index (χ2v) is 12.8. The Kier molecular flexibility index (Phi) is 25.5. The number of carbonyl (C=O) groups is 11. The van der Waals surface area contributed by atoms with E-state index >= 15 is 0 Å². The van der Waals surface area contributed by atoms with Gasteiger partial charge < -0.3 is 81.4 Å². The van der Waals surface area contributed by atoms with Gasteiger partial charge in [0.25, 0.3) is 0 Å². The second-order valence-electron chi connectivity index (χ2n) is 12.8. The first kappa shape index (κ1) is 52.0. The topological polar surface area (TPSA) is 455 Å². The van der Waals surface area contributed by atoms with E-state index in [2.05, 4.69) is 42.5 Å². The zero-order valence-corrected chi connectivity index (χ0v) is 32.1. The van der Waals surface area contributed by atoms with Crippen molar-refractivity contribution in [1.29, 1.82) is 0 Å². The third kappa shape index (κ3) is 22.5. The Morgan fingerprint density at radius 2 is 0.983 bits per heavy atom. The number of carbonyl (C=O) groups excluding carboxylic acids is 11. The summed E-state index contributed by atoms with van der Waals surface area (Å²) in [5, 5.41) is 37.5. The molecule has 58 heavy (non-hydrogen) atoms. The summed E-state index contributed by atoms with van der Waals surface area (Å²) in [6.45, 7) is -1.87. The lowest BCUT2D eigenvalue weighted by atomic mass is 10.1. The number of nitrogens with two attached hydrogens (primary N) is 5. The van der Waals surface area contributed by atoms with Gasteiger partial charge in [-0.25, -0.2) is 0 Å². The molecule has 26 nitrogen and oxygen atoms in total. The SMILES string of the molecule is C[C@H](NC(=O)[C@@H](N)CCC(N)=O)C(=O)N[C@@H](CCCCN)C(=O)N[C@@H](CO)C(=O)N[C@@H](CCC(N)=O)C(=O)NCC(=O)NCC(=O)N[C@@H](CO)C(=O)NCCC(N)=O. The van der Waals surface area contributed by atoms with Gasteiger partial charge in [0.05, 0.1) is 32.3 Å². The monoisotopic (exact) mass is 831 g/mol. The van der Waals surface area contributed by atoms with Crippen molar-refractivity contribution in [3.05, 3.63) is 0 Å². The van der Waals surface area contributed by atoms with Crippen LogP contribution in [0.4, 0.5) is 0 Å². The van der Waals surface area contributed by atoms with Gasteiger partial charge in [0, 0.05) is 25.8 Å². The van der Waals surface area contributed by atoms with Crippen LogP contribution >= 0.6 is 0 Å². The summed E-state index contributed by atoms with van der Waals surface area (Å²) >= 11 is 0. The number of rotatable bonds is 30. The molecule has 0 spiro atoms. The first-order chi connectivity index (χ1) is 27.2. The van der Waals surface area contributed by atoms with Gasteiger partial charge in [0.2, 0.25) is 65.0 Å². The van der Waals surface area contributed by atoms with Crippen molar-refractivity contribution in [1.82, 2.24) is 42.5 Å². The molecule has 6 atom stereocenters. The van der Waals surface area contributed by atoms with E-state index in [1.165, 1.54) is 6.92 Å². The molecule has 0 aliphatic heterocycles. The summed E-state index contributed by atoms with van der Waals surface area (Å²) in [6.07, 6.45) is -0.471. The summed E-state index contributed by atoms with van der Waals surface area (Å²) in [5.74, 6) is -9.54. The highest BCUT2D eigenvalue weighted by Gasteiger charge is 2.31. The van der Waals surface area contributed by atoms with Crippen molar-refractivity contribution in [3.63, 3.8) is 0 Å². The Hall–Kier alpha value is -5.99. The minimum absolute atomic E-state index is 0.0104. The molecular formula is C32H57N13O13. The lowest BCUT2D eigenvalue weighted by Crippen LogP contribution is -2.59. The van der Waals surface area contributed by atoms with Crippen molar-refractivity contribution in [2.45, 2.75) is 94.5 Å². The summed E-state index contributed by atoms with van der Waals surface area (Å²) in [6, 6.07) is -8.35. The Morgan fingerprint density at radius 3 is 1.55 bits per heavy atom. The molecule has 0 radical (unpaired) electrons.